The van der Waals surface area contributed by atoms with Crippen LogP contribution in [0.15, 0.2) is 72.8 Å². The monoisotopic (exact) mass is 439 g/mol. The van der Waals surface area contributed by atoms with Crippen LogP contribution in [0, 0.1) is 0 Å². The molecule has 3 amide bonds. The van der Waals surface area contributed by atoms with Gasteiger partial charge in [-0.15, -0.1) is 0 Å². The summed E-state index contributed by atoms with van der Waals surface area (Å²) in [6.45, 7) is 1.04. The highest BCUT2D eigenvalue weighted by molar-refractivity contribution is 6.00. The van der Waals surface area contributed by atoms with Crippen molar-refractivity contribution in [2.45, 2.75) is 19.1 Å². The Morgan fingerprint density at radius 1 is 0.812 bits per heavy atom. The molecule has 3 aromatic rings. The minimum atomic E-state index is -4.43. The molecule has 0 fully saturated rings. The molecular formula is C24H20F3N3O2. The van der Waals surface area contributed by atoms with Crippen LogP contribution < -0.4 is 10.6 Å². The van der Waals surface area contributed by atoms with Gasteiger partial charge in [-0.25, -0.2) is 4.79 Å². The number of anilines is 2. The van der Waals surface area contributed by atoms with E-state index in [0.717, 1.165) is 23.3 Å². The fourth-order valence-electron chi connectivity index (χ4n) is 3.61. The quantitative estimate of drug-likeness (QED) is 0.562. The average molecular weight is 439 g/mol. The normalized spacial score (nSPS) is 13.3. The molecule has 1 aliphatic heterocycles. The van der Waals surface area contributed by atoms with Crippen LogP contribution in [0.2, 0.25) is 0 Å². The molecular weight excluding hydrogens is 419 g/mol. The van der Waals surface area contributed by atoms with Crippen molar-refractivity contribution in [3.63, 3.8) is 0 Å². The standard InChI is InChI=1S/C24H20F3N3O2/c25-24(26,27)19-7-10-20(11-8-19)28-23(32)29-21-9-6-16-12-13-30(15-18(16)14-21)22(31)17-4-2-1-3-5-17/h1-11,14H,12-13,15H2,(H2,28,29,32). The van der Waals surface area contributed by atoms with E-state index in [1.54, 1.807) is 23.1 Å². The Labute approximate surface area is 182 Å². The Kier molecular flexibility index (Phi) is 5.85. The molecule has 0 atom stereocenters. The van der Waals surface area contributed by atoms with Gasteiger partial charge in [0.1, 0.15) is 0 Å². The van der Waals surface area contributed by atoms with Gasteiger partial charge in [0.15, 0.2) is 0 Å². The molecule has 0 radical (unpaired) electrons. The third-order valence-corrected chi connectivity index (χ3v) is 5.25. The highest BCUT2D eigenvalue weighted by atomic mass is 19.4. The molecule has 0 bridgehead atoms. The molecule has 0 saturated heterocycles. The number of benzene rings is 3. The van der Waals surface area contributed by atoms with E-state index in [9.17, 15) is 22.8 Å². The van der Waals surface area contributed by atoms with E-state index in [0.29, 0.717) is 30.8 Å². The Hall–Kier alpha value is -3.81. The molecule has 0 unspecified atom stereocenters. The van der Waals surface area contributed by atoms with Crippen LogP contribution in [-0.2, 0) is 19.1 Å². The molecule has 5 nitrogen and oxygen atoms in total. The first-order valence-corrected chi connectivity index (χ1v) is 10.0. The topological polar surface area (TPSA) is 61.4 Å². The minimum absolute atomic E-state index is 0.0466. The van der Waals surface area contributed by atoms with E-state index >= 15 is 0 Å². The zero-order valence-electron chi connectivity index (χ0n) is 16.9. The van der Waals surface area contributed by atoms with Crippen LogP contribution in [0.25, 0.3) is 0 Å². The van der Waals surface area contributed by atoms with Gasteiger partial charge in [-0.1, -0.05) is 24.3 Å². The van der Waals surface area contributed by atoms with Gasteiger partial charge in [-0.2, -0.15) is 13.2 Å². The van der Waals surface area contributed by atoms with Crippen LogP contribution in [0.5, 0.6) is 0 Å². The van der Waals surface area contributed by atoms with Gasteiger partial charge < -0.3 is 15.5 Å². The first-order valence-electron chi connectivity index (χ1n) is 10.0. The third-order valence-electron chi connectivity index (χ3n) is 5.25. The number of rotatable bonds is 3. The maximum absolute atomic E-state index is 12.7. The molecule has 8 heteroatoms. The number of fused-ring (bicyclic) bond motifs is 1. The lowest BCUT2D eigenvalue weighted by atomic mass is 9.98. The SMILES string of the molecule is O=C(Nc1ccc(C(F)(F)F)cc1)Nc1ccc2c(c1)CN(C(=O)c1ccccc1)CC2. The summed E-state index contributed by atoms with van der Waals surface area (Å²) in [6.07, 6.45) is -3.72. The maximum atomic E-state index is 12.7. The number of halogens is 3. The highest BCUT2D eigenvalue weighted by Gasteiger charge is 2.30. The number of urea groups is 1. The van der Waals surface area contributed by atoms with E-state index in [4.69, 9.17) is 0 Å². The first-order chi connectivity index (χ1) is 15.3. The van der Waals surface area contributed by atoms with Crippen LogP contribution in [0.3, 0.4) is 0 Å². The molecule has 32 heavy (non-hydrogen) atoms. The van der Waals surface area contributed by atoms with Gasteiger partial charge in [0.05, 0.1) is 5.56 Å². The van der Waals surface area contributed by atoms with Crippen molar-refractivity contribution in [1.29, 1.82) is 0 Å². The molecule has 2 N–H and O–H groups in total. The largest absolute Gasteiger partial charge is 0.416 e. The molecule has 1 heterocycles. The van der Waals surface area contributed by atoms with Crippen molar-refractivity contribution in [2.24, 2.45) is 0 Å². The van der Waals surface area contributed by atoms with Crippen molar-refractivity contribution in [2.75, 3.05) is 17.2 Å². The van der Waals surface area contributed by atoms with Crippen molar-refractivity contribution in [1.82, 2.24) is 4.90 Å². The van der Waals surface area contributed by atoms with Gasteiger partial charge in [0.2, 0.25) is 0 Å². The molecule has 1 aliphatic rings. The summed E-state index contributed by atoms with van der Waals surface area (Å²) in [6, 6.07) is 18.2. The summed E-state index contributed by atoms with van der Waals surface area (Å²) in [5.74, 6) is -0.0466. The van der Waals surface area contributed by atoms with Crippen LogP contribution in [-0.4, -0.2) is 23.4 Å². The van der Waals surface area contributed by atoms with Crippen LogP contribution >= 0.6 is 0 Å². The van der Waals surface area contributed by atoms with E-state index in [2.05, 4.69) is 10.6 Å². The fourth-order valence-corrected chi connectivity index (χ4v) is 3.61. The van der Waals surface area contributed by atoms with Gasteiger partial charge in [-0.3, -0.25) is 4.79 Å². The van der Waals surface area contributed by atoms with E-state index < -0.39 is 17.8 Å². The Balaban J connectivity index is 1.41. The Morgan fingerprint density at radius 3 is 2.16 bits per heavy atom. The zero-order chi connectivity index (χ0) is 22.7. The lowest BCUT2D eigenvalue weighted by Gasteiger charge is -2.29. The van der Waals surface area contributed by atoms with E-state index in [1.807, 2.05) is 30.3 Å². The second-order valence-corrected chi connectivity index (χ2v) is 7.48. The number of nitrogens with zero attached hydrogens (tertiary/aromatic N) is 1. The first kappa shape index (κ1) is 21.4. The predicted molar refractivity (Wildman–Crippen MR) is 115 cm³/mol. The maximum Gasteiger partial charge on any atom is 0.416 e. The summed E-state index contributed by atoms with van der Waals surface area (Å²) in [7, 11) is 0. The number of hydrogen-bond donors (Lipinski definition) is 2. The molecule has 0 saturated carbocycles. The number of nitrogens with one attached hydrogen (secondary N) is 2. The average Bonchev–Trinajstić information content (AvgIpc) is 2.78. The fraction of sp³-hybridized carbons (Fsp3) is 0.167. The van der Waals surface area contributed by atoms with Crippen LogP contribution in [0.4, 0.5) is 29.3 Å². The second-order valence-electron chi connectivity index (χ2n) is 7.48. The Bertz CT molecular complexity index is 1130. The highest BCUT2D eigenvalue weighted by Crippen LogP contribution is 2.30. The number of carbonyl (C=O) groups is 2. The van der Waals surface area contributed by atoms with Crippen molar-refractivity contribution >= 4 is 23.3 Å². The van der Waals surface area contributed by atoms with Gasteiger partial charge in [-0.05, 0) is 66.1 Å². The van der Waals surface area contributed by atoms with Crippen molar-refractivity contribution in [3.8, 4) is 0 Å². The van der Waals surface area contributed by atoms with E-state index in [-0.39, 0.29) is 11.6 Å². The minimum Gasteiger partial charge on any atom is -0.334 e. The number of amides is 3. The lowest BCUT2D eigenvalue weighted by molar-refractivity contribution is -0.137. The number of carbonyl (C=O) groups excluding carboxylic acids is 2. The summed E-state index contributed by atoms with van der Waals surface area (Å²) in [5.41, 5.74) is 2.66. The molecule has 164 valence electrons. The predicted octanol–water partition coefficient (Wildman–Crippen LogP) is 5.55. The van der Waals surface area contributed by atoms with Gasteiger partial charge in [0, 0.05) is 30.0 Å². The van der Waals surface area contributed by atoms with Gasteiger partial charge in [0.25, 0.3) is 5.91 Å². The summed E-state index contributed by atoms with van der Waals surface area (Å²) in [5, 5.41) is 5.20. The molecule has 0 aromatic heterocycles. The lowest BCUT2D eigenvalue weighted by Crippen LogP contribution is -2.36. The number of alkyl halides is 3. The zero-order valence-corrected chi connectivity index (χ0v) is 16.9. The third kappa shape index (κ3) is 4.91. The van der Waals surface area contributed by atoms with Crippen molar-refractivity contribution < 1.29 is 22.8 Å². The van der Waals surface area contributed by atoms with Gasteiger partial charge >= 0.3 is 12.2 Å². The summed E-state index contributed by atoms with van der Waals surface area (Å²) >= 11 is 0. The second kappa shape index (κ2) is 8.74. The summed E-state index contributed by atoms with van der Waals surface area (Å²) in [4.78, 5) is 26.8. The Morgan fingerprint density at radius 2 is 1.47 bits per heavy atom. The number of hydrogen-bond acceptors (Lipinski definition) is 2. The van der Waals surface area contributed by atoms with E-state index in [1.165, 1.54) is 12.1 Å². The van der Waals surface area contributed by atoms with Crippen molar-refractivity contribution in [3.05, 3.63) is 95.1 Å². The van der Waals surface area contributed by atoms with Crippen LogP contribution in [0.1, 0.15) is 27.0 Å². The molecule has 3 aromatic carbocycles. The molecule has 0 spiro atoms. The molecule has 4 rings (SSSR count). The molecule has 0 aliphatic carbocycles. The summed E-state index contributed by atoms with van der Waals surface area (Å²) < 4.78 is 38.0. The smallest absolute Gasteiger partial charge is 0.334 e.